The smallest absolute Gasteiger partial charge is 0.393 e. The van der Waals surface area contributed by atoms with Crippen LogP contribution >= 0.6 is 0 Å². The van der Waals surface area contributed by atoms with Gasteiger partial charge in [-0.3, -0.25) is 4.79 Å². The topological polar surface area (TPSA) is 92.5 Å². The third-order valence-electron chi connectivity index (χ3n) is 6.49. The van der Waals surface area contributed by atoms with Crippen LogP contribution < -0.4 is 15.1 Å². The van der Waals surface area contributed by atoms with Crippen LogP contribution in [0.2, 0.25) is 0 Å². The molecular formula is C24H26F3N5O2. The van der Waals surface area contributed by atoms with Crippen molar-refractivity contribution in [2.24, 2.45) is 5.92 Å². The van der Waals surface area contributed by atoms with Crippen molar-refractivity contribution in [2.75, 3.05) is 41.3 Å². The Bertz CT molecular complexity index is 1050. The Morgan fingerprint density at radius 1 is 1.03 bits per heavy atom. The molecule has 0 saturated carbocycles. The van der Waals surface area contributed by atoms with Gasteiger partial charge in [0, 0.05) is 37.8 Å². The van der Waals surface area contributed by atoms with Gasteiger partial charge in [-0.2, -0.15) is 18.4 Å². The fraction of sp³-hybridized carbons (Fsp3) is 0.458. The molecule has 0 bridgehead atoms. The predicted molar refractivity (Wildman–Crippen MR) is 121 cm³/mol. The fourth-order valence-electron chi connectivity index (χ4n) is 4.46. The van der Waals surface area contributed by atoms with E-state index < -0.39 is 17.3 Å². The average Bonchev–Trinajstić information content (AvgIpc) is 2.84. The van der Waals surface area contributed by atoms with Crippen LogP contribution in [-0.2, 0) is 11.0 Å². The molecule has 0 atom stereocenters. The van der Waals surface area contributed by atoms with E-state index in [4.69, 9.17) is 5.26 Å². The zero-order valence-corrected chi connectivity index (χ0v) is 18.6. The predicted octanol–water partition coefficient (Wildman–Crippen LogP) is 3.79. The van der Waals surface area contributed by atoms with E-state index in [0.29, 0.717) is 37.4 Å². The molecule has 4 rings (SSSR count). The SMILES string of the molecule is N#Cc1ccc(N2CCC(C(=O)Nc3ccc(N4CCC(O)CC4)cn3)CC2)cc1C(F)(F)F. The molecule has 2 fully saturated rings. The number of halogens is 3. The second-order valence-electron chi connectivity index (χ2n) is 8.71. The number of aliphatic hydroxyl groups is 1. The molecule has 3 heterocycles. The standard InChI is InChI=1S/C24H26F3N5O2/c25-24(26,27)21-13-18(2-1-17(21)14-28)31-9-5-16(6-10-31)23(34)30-22-4-3-19(15-29-22)32-11-7-20(33)8-12-32/h1-4,13,15-16,20,33H,5-12H2,(H,29,30,34). The summed E-state index contributed by atoms with van der Waals surface area (Å²) in [5.74, 6) is 0.0358. The summed E-state index contributed by atoms with van der Waals surface area (Å²) in [7, 11) is 0. The maximum absolute atomic E-state index is 13.3. The average molecular weight is 473 g/mol. The Morgan fingerprint density at radius 3 is 2.24 bits per heavy atom. The number of aliphatic hydroxyl groups excluding tert-OH is 1. The van der Waals surface area contributed by atoms with Gasteiger partial charge in [-0.1, -0.05) is 0 Å². The number of hydrogen-bond donors (Lipinski definition) is 2. The Morgan fingerprint density at radius 2 is 1.65 bits per heavy atom. The van der Waals surface area contributed by atoms with Gasteiger partial charge in [0.2, 0.25) is 5.91 Å². The van der Waals surface area contributed by atoms with Crippen LogP contribution in [0.3, 0.4) is 0 Å². The molecule has 1 aromatic heterocycles. The quantitative estimate of drug-likeness (QED) is 0.702. The third-order valence-corrected chi connectivity index (χ3v) is 6.49. The minimum Gasteiger partial charge on any atom is -0.393 e. The van der Waals surface area contributed by atoms with Gasteiger partial charge < -0.3 is 20.2 Å². The van der Waals surface area contributed by atoms with Crippen LogP contribution in [-0.4, -0.2) is 48.3 Å². The number of pyridine rings is 1. The first-order chi connectivity index (χ1) is 16.2. The summed E-state index contributed by atoms with van der Waals surface area (Å²) in [4.78, 5) is 21.0. The number of hydrogen-bond acceptors (Lipinski definition) is 6. The molecule has 180 valence electrons. The van der Waals surface area contributed by atoms with Crippen LogP contribution in [0.5, 0.6) is 0 Å². The van der Waals surface area contributed by atoms with Crippen LogP contribution in [0.25, 0.3) is 0 Å². The van der Waals surface area contributed by atoms with E-state index in [1.165, 1.54) is 12.1 Å². The summed E-state index contributed by atoms with van der Waals surface area (Å²) in [5, 5.41) is 21.4. The van der Waals surface area contributed by atoms with E-state index >= 15 is 0 Å². The highest BCUT2D eigenvalue weighted by atomic mass is 19.4. The van der Waals surface area contributed by atoms with Crippen molar-refractivity contribution in [1.82, 2.24) is 4.98 Å². The number of amides is 1. The normalized spacial score (nSPS) is 18.0. The first kappa shape index (κ1) is 23.8. The lowest BCUT2D eigenvalue weighted by Gasteiger charge is -2.33. The number of anilines is 3. The van der Waals surface area contributed by atoms with Gasteiger partial charge in [-0.15, -0.1) is 0 Å². The molecule has 2 saturated heterocycles. The fourth-order valence-corrected chi connectivity index (χ4v) is 4.46. The van der Waals surface area contributed by atoms with Gasteiger partial charge in [0.15, 0.2) is 0 Å². The maximum atomic E-state index is 13.3. The number of rotatable bonds is 4. The first-order valence-corrected chi connectivity index (χ1v) is 11.3. The minimum absolute atomic E-state index is 0.156. The number of carbonyl (C=O) groups is 1. The van der Waals surface area contributed by atoms with Crippen LogP contribution in [0.15, 0.2) is 36.5 Å². The number of carbonyl (C=O) groups excluding carboxylic acids is 1. The Labute approximate surface area is 195 Å². The van der Waals surface area contributed by atoms with Gasteiger partial charge in [0.25, 0.3) is 0 Å². The molecule has 10 heteroatoms. The van der Waals surface area contributed by atoms with Crippen molar-refractivity contribution in [3.63, 3.8) is 0 Å². The molecule has 0 spiro atoms. The van der Waals surface area contributed by atoms with E-state index in [1.54, 1.807) is 18.3 Å². The summed E-state index contributed by atoms with van der Waals surface area (Å²) >= 11 is 0. The summed E-state index contributed by atoms with van der Waals surface area (Å²) in [5.41, 5.74) is -0.00366. The first-order valence-electron chi connectivity index (χ1n) is 11.3. The van der Waals surface area contributed by atoms with E-state index in [-0.39, 0.29) is 17.9 Å². The Hall–Kier alpha value is -3.32. The van der Waals surface area contributed by atoms with Crippen LogP contribution in [0.1, 0.15) is 36.8 Å². The summed E-state index contributed by atoms with van der Waals surface area (Å²) in [6, 6.07) is 8.96. The zero-order valence-electron chi connectivity index (χ0n) is 18.6. The number of aromatic nitrogens is 1. The van der Waals surface area contributed by atoms with E-state index in [2.05, 4.69) is 15.2 Å². The molecule has 0 radical (unpaired) electrons. The summed E-state index contributed by atoms with van der Waals surface area (Å²) in [6.07, 6.45) is -0.703. The summed E-state index contributed by atoms with van der Waals surface area (Å²) in [6.45, 7) is 2.40. The highest BCUT2D eigenvalue weighted by molar-refractivity contribution is 5.92. The highest BCUT2D eigenvalue weighted by Crippen LogP contribution is 2.35. The lowest BCUT2D eigenvalue weighted by molar-refractivity contribution is -0.137. The lowest BCUT2D eigenvalue weighted by atomic mass is 9.95. The molecule has 1 amide bonds. The molecule has 2 aliphatic rings. The number of benzene rings is 1. The molecule has 2 aromatic rings. The second kappa shape index (κ2) is 9.89. The van der Waals surface area contributed by atoms with Crippen molar-refractivity contribution < 1.29 is 23.1 Å². The van der Waals surface area contributed by atoms with Crippen molar-refractivity contribution >= 4 is 23.1 Å². The van der Waals surface area contributed by atoms with Gasteiger partial charge in [-0.25, -0.2) is 4.98 Å². The number of piperidine rings is 2. The monoisotopic (exact) mass is 473 g/mol. The van der Waals surface area contributed by atoms with Crippen molar-refractivity contribution in [3.05, 3.63) is 47.7 Å². The number of alkyl halides is 3. The number of nitriles is 1. The number of nitrogens with one attached hydrogen (secondary N) is 1. The van der Waals surface area contributed by atoms with E-state index in [1.807, 2.05) is 11.0 Å². The van der Waals surface area contributed by atoms with Crippen molar-refractivity contribution in [2.45, 2.75) is 38.0 Å². The molecule has 2 aliphatic heterocycles. The Kier molecular flexibility index (Phi) is 6.93. The van der Waals surface area contributed by atoms with Gasteiger partial charge in [0.1, 0.15) is 5.82 Å². The molecule has 0 aliphatic carbocycles. The highest BCUT2D eigenvalue weighted by Gasteiger charge is 2.35. The molecule has 0 unspecified atom stereocenters. The molecular weight excluding hydrogens is 447 g/mol. The van der Waals surface area contributed by atoms with Crippen molar-refractivity contribution in [3.8, 4) is 6.07 Å². The maximum Gasteiger partial charge on any atom is 0.417 e. The number of nitrogens with zero attached hydrogens (tertiary/aromatic N) is 4. The Balaban J connectivity index is 1.32. The van der Waals surface area contributed by atoms with Gasteiger partial charge in [-0.05, 0) is 56.0 Å². The third kappa shape index (κ3) is 5.42. The van der Waals surface area contributed by atoms with Gasteiger partial charge in [0.05, 0.1) is 35.2 Å². The molecule has 2 N–H and O–H groups in total. The van der Waals surface area contributed by atoms with E-state index in [9.17, 15) is 23.1 Å². The molecule has 1 aromatic carbocycles. The van der Waals surface area contributed by atoms with Gasteiger partial charge >= 0.3 is 6.18 Å². The van der Waals surface area contributed by atoms with Crippen LogP contribution in [0.4, 0.5) is 30.4 Å². The summed E-state index contributed by atoms with van der Waals surface area (Å²) < 4.78 is 39.8. The van der Waals surface area contributed by atoms with Crippen molar-refractivity contribution in [1.29, 1.82) is 5.26 Å². The second-order valence-corrected chi connectivity index (χ2v) is 8.71. The van der Waals surface area contributed by atoms with E-state index in [0.717, 1.165) is 37.7 Å². The molecule has 34 heavy (non-hydrogen) atoms. The molecule has 7 nitrogen and oxygen atoms in total. The largest absolute Gasteiger partial charge is 0.417 e. The zero-order chi connectivity index (χ0) is 24.3. The minimum atomic E-state index is -4.60. The van der Waals surface area contributed by atoms with Crippen LogP contribution in [0, 0.1) is 17.2 Å². The lowest BCUT2D eigenvalue weighted by Crippen LogP contribution is -2.38.